The maximum absolute atomic E-state index is 12.8. The molecule has 0 spiro atoms. The number of benzene rings is 1. The van der Waals surface area contributed by atoms with Crippen LogP contribution in [0.3, 0.4) is 0 Å². The van der Waals surface area contributed by atoms with Crippen LogP contribution in [0.4, 0.5) is 0 Å². The van der Waals surface area contributed by atoms with Gasteiger partial charge in [0.05, 0.1) is 25.5 Å². The molecule has 0 unspecified atom stereocenters. The van der Waals surface area contributed by atoms with Crippen LogP contribution >= 0.6 is 0 Å². The molecule has 0 heterocycles. The first-order valence-corrected chi connectivity index (χ1v) is 9.20. The number of nitrogens with zero attached hydrogens (tertiary/aromatic N) is 1. The fourth-order valence-electron chi connectivity index (χ4n) is 2.09. The van der Waals surface area contributed by atoms with Gasteiger partial charge in [-0.05, 0) is 23.1 Å². The molecule has 0 aliphatic carbocycles. The minimum atomic E-state index is -3.95. The highest BCUT2D eigenvalue weighted by Gasteiger charge is 2.28. The van der Waals surface area contributed by atoms with Gasteiger partial charge in [0.25, 0.3) is 0 Å². The van der Waals surface area contributed by atoms with Crippen molar-refractivity contribution in [2.45, 2.75) is 37.5 Å². The summed E-state index contributed by atoms with van der Waals surface area (Å²) in [5, 5.41) is 0. The van der Waals surface area contributed by atoms with Crippen molar-refractivity contribution in [3.8, 4) is 0 Å². The van der Waals surface area contributed by atoms with Gasteiger partial charge < -0.3 is 9.47 Å². The van der Waals surface area contributed by atoms with Crippen molar-refractivity contribution in [2.24, 2.45) is 0 Å². The Balaban J connectivity index is 3.12. The molecule has 0 fully saturated rings. The molecule has 1 rings (SSSR count). The van der Waals surface area contributed by atoms with Gasteiger partial charge in [0.2, 0.25) is 10.0 Å². The smallest absolute Gasteiger partial charge is 0.321 e. The molecule has 7 nitrogen and oxygen atoms in total. The monoisotopic (exact) mass is 371 g/mol. The summed E-state index contributed by atoms with van der Waals surface area (Å²) in [6.07, 6.45) is -0.160. The van der Waals surface area contributed by atoms with Gasteiger partial charge in [0.1, 0.15) is 6.54 Å². The average Bonchev–Trinajstić information content (AvgIpc) is 2.57. The first kappa shape index (κ1) is 21.1. The van der Waals surface area contributed by atoms with Crippen molar-refractivity contribution in [1.29, 1.82) is 0 Å². The van der Waals surface area contributed by atoms with Gasteiger partial charge in [-0.1, -0.05) is 32.9 Å². The molecule has 0 aliphatic rings. The Morgan fingerprint density at radius 2 is 1.52 bits per heavy atom. The zero-order valence-electron chi connectivity index (χ0n) is 15.2. The third kappa shape index (κ3) is 5.82. The van der Waals surface area contributed by atoms with Crippen LogP contribution in [0.2, 0.25) is 0 Å². The van der Waals surface area contributed by atoms with E-state index in [0.29, 0.717) is 0 Å². The van der Waals surface area contributed by atoms with Crippen LogP contribution in [-0.4, -0.2) is 52.0 Å². The van der Waals surface area contributed by atoms with Crippen molar-refractivity contribution < 1.29 is 27.5 Å². The van der Waals surface area contributed by atoms with Crippen LogP contribution < -0.4 is 0 Å². The molecule has 0 radical (unpaired) electrons. The van der Waals surface area contributed by atoms with Crippen molar-refractivity contribution in [2.75, 3.05) is 27.3 Å². The highest BCUT2D eigenvalue weighted by molar-refractivity contribution is 7.89. The lowest BCUT2D eigenvalue weighted by molar-refractivity contribution is -0.143. The molecular weight excluding hydrogens is 346 g/mol. The van der Waals surface area contributed by atoms with Gasteiger partial charge in [0.15, 0.2) is 0 Å². The minimum Gasteiger partial charge on any atom is -0.469 e. The molecule has 0 atom stereocenters. The molecule has 0 saturated heterocycles. The summed E-state index contributed by atoms with van der Waals surface area (Å²) in [5.41, 5.74) is 0.874. The number of rotatable bonds is 7. The molecule has 0 aromatic heterocycles. The molecule has 0 bridgehead atoms. The predicted octanol–water partition coefficient (Wildman–Crippen LogP) is 1.71. The Bertz CT molecular complexity index is 704. The van der Waals surface area contributed by atoms with Crippen LogP contribution in [-0.2, 0) is 34.5 Å². The molecule has 0 N–H and O–H groups in total. The number of carbonyl (C=O) groups is 2. The average molecular weight is 371 g/mol. The van der Waals surface area contributed by atoms with E-state index < -0.39 is 28.5 Å². The topological polar surface area (TPSA) is 90.0 Å². The summed E-state index contributed by atoms with van der Waals surface area (Å²) in [6.45, 7) is 5.42. The molecular formula is C17H25NO6S. The number of ether oxygens (including phenoxy) is 2. The van der Waals surface area contributed by atoms with E-state index in [1.54, 1.807) is 12.1 Å². The van der Waals surface area contributed by atoms with E-state index in [2.05, 4.69) is 9.47 Å². The van der Waals surface area contributed by atoms with Crippen molar-refractivity contribution in [1.82, 2.24) is 4.31 Å². The third-order valence-corrected chi connectivity index (χ3v) is 5.54. The molecule has 0 amide bonds. The summed E-state index contributed by atoms with van der Waals surface area (Å²) in [7, 11) is -1.56. The Labute approximate surface area is 149 Å². The second-order valence-corrected chi connectivity index (χ2v) is 8.45. The standard InChI is InChI=1S/C17H25NO6S/c1-17(2,3)13-6-8-14(9-7-13)25(21,22)18(12-16(20)24-5)11-10-15(19)23-4/h6-9H,10-12H2,1-5H3. The Kier molecular flexibility index (Phi) is 7.13. The maximum atomic E-state index is 12.8. The van der Waals surface area contributed by atoms with E-state index in [1.165, 1.54) is 26.4 Å². The number of carbonyl (C=O) groups excluding carboxylic acids is 2. The van der Waals surface area contributed by atoms with E-state index >= 15 is 0 Å². The molecule has 0 aliphatic heterocycles. The molecule has 140 valence electrons. The first-order valence-electron chi connectivity index (χ1n) is 7.76. The van der Waals surface area contributed by atoms with E-state index in [-0.39, 0.29) is 23.3 Å². The number of methoxy groups -OCH3 is 2. The van der Waals surface area contributed by atoms with Crippen LogP contribution in [0.15, 0.2) is 29.2 Å². The summed E-state index contributed by atoms with van der Waals surface area (Å²) in [6, 6.07) is 6.48. The quantitative estimate of drug-likeness (QED) is 0.678. The number of sulfonamides is 1. The van der Waals surface area contributed by atoms with Gasteiger partial charge in [-0.25, -0.2) is 8.42 Å². The van der Waals surface area contributed by atoms with Crippen molar-refractivity contribution in [3.63, 3.8) is 0 Å². The summed E-state index contributed by atoms with van der Waals surface area (Å²) < 4.78 is 35.6. The van der Waals surface area contributed by atoms with Crippen molar-refractivity contribution >= 4 is 22.0 Å². The third-order valence-electron chi connectivity index (χ3n) is 3.68. The molecule has 1 aromatic carbocycles. The van der Waals surface area contributed by atoms with Crippen LogP contribution in [0.5, 0.6) is 0 Å². The van der Waals surface area contributed by atoms with E-state index in [4.69, 9.17) is 0 Å². The SMILES string of the molecule is COC(=O)CCN(CC(=O)OC)S(=O)(=O)c1ccc(C(C)(C)C)cc1. The molecule has 25 heavy (non-hydrogen) atoms. The van der Waals surface area contributed by atoms with E-state index in [9.17, 15) is 18.0 Å². The highest BCUT2D eigenvalue weighted by atomic mass is 32.2. The Hall–Kier alpha value is -1.93. The zero-order valence-corrected chi connectivity index (χ0v) is 16.1. The number of hydrogen-bond acceptors (Lipinski definition) is 6. The highest BCUT2D eigenvalue weighted by Crippen LogP contribution is 2.24. The first-order chi connectivity index (χ1) is 11.5. The van der Waals surface area contributed by atoms with Crippen molar-refractivity contribution in [3.05, 3.63) is 29.8 Å². The summed E-state index contributed by atoms with van der Waals surface area (Å²) >= 11 is 0. The minimum absolute atomic E-state index is 0.0502. The number of hydrogen-bond donors (Lipinski definition) is 0. The van der Waals surface area contributed by atoms with E-state index in [0.717, 1.165) is 9.87 Å². The van der Waals surface area contributed by atoms with Gasteiger partial charge in [0, 0.05) is 6.54 Å². The second kappa shape index (κ2) is 8.44. The summed E-state index contributed by atoms with van der Waals surface area (Å²) in [4.78, 5) is 22.9. The van der Waals surface area contributed by atoms with Gasteiger partial charge in [-0.3, -0.25) is 9.59 Å². The lowest BCUT2D eigenvalue weighted by Crippen LogP contribution is -2.37. The largest absolute Gasteiger partial charge is 0.469 e. The Morgan fingerprint density at radius 1 is 1.00 bits per heavy atom. The van der Waals surface area contributed by atoms with Gasteiger partial charge in [-0.2, -0.15) is 4.31 Å². The fraction of sp³-hybridized carbons (Fsp3) is 0.529. The molecule has 8 heteroatoms. The van der Waals surface area contributed by atoms with Crippen LogP contribution in [0, 0.1) is 0 Å². The Morgan fingerprint density at radius 3 is 1.96 bits per heavy atom. The number of esters is 2. The lowest BCUT2D eigenvalue weighted by atomic mass is 9.87. The lowest BCUT2D eigenvalue weighted by Gasteiger charge is -2.22. The normalized spacial score (nSPS) is 12.1. The summed E-state index contributed by atoms with van der Waals surface area (Å²) in [5.74, 6) is -1.27. The van der Waals surface area contributed by atoms with Crippen LogP contribution in [0.25, 0.3) is 0 Å². The maximum Gasteiger partial charge on any atom is 0.321 e. The van der Waals surface area contributed by atoms with Crippen LogP contribution in [0.1, 0.15) is 32.8 Å². The zero-order chi connectivity index (χ0) is 19.3. The molecule has 1 aromatic rings. The fourth-order valence-corrected chi connectivity index (χ4v) is 3.47. The second-order valence-electron chi connectivity index (χ2n) is 6.52. The van der Waals surface area contributed by atoms with E-state index in [1.807, 2.05) is 20.8 Å². The van der Waals surface area contributed by atoms with Gasteiger partial charge in [-0.15, -0.1) is 0 Å². The predicted molar refractivity (Wildman–Crippen MR) is 92.5 cm³/mol. The van der Waals surface area contributed by atoms with Gasteiger partial charge >= 0.3 is 11.9 Å². The molecule has 0 saturated carbocycles.